The van der Waals surface area contributed by atoms with E-state index in [0.717, 1.165) is 6.26 Å². The van der Waals surface area contributed by atoms with Gasteiger partial charge in [0, 0.05) is 31.0 Å². The van der Waals surface area contributed by atoms with Crippen molar-refractivity contribution in [2.45, 2.75) is 5.16 Å². The third-order valence-electron chi connectivity index (χ3n) is 2.50. The van der Waals surface area contributed by atoms with Gasteiger partial charge in [-0.15, -0.1) is 10.2 Å². The van der Waals surface area contributed by atoms with Crippen LogP contribution in [0.15, 0.2) is 29.4 Å². The molecule has 9 heteroatoms. The summed E-state index contributed by atoms with van der Waals surface area (Å²) < 4.78 is 24.2. The molecule has 0 aliphatic carbocycles. The molecular weight excluding hydrogens is 272 g/mol. The Morgan fingerprint density at radius 3 is 2.21 bits per heavy atom. The first-order chi connectivity index (χ1) is 8.80. The van der Waals surface area contributed by atoms with Crippen LogP contribution in [0.3, 0.4) is 0 Å². The smallest absolute Gasteiger partial charge is 0.269 e. The van der Waals surface area contributed by atoms with E-state index >= 15 is 0 Å². The number of nitrogens with zero attached hydrogens (tertiary/aromatic N) is 4. The molecule has 0 radical (unpaired) electrons. The van der Waals surface area contributed by atoms with Crippen LogP contribution in [0.4, 0.5) is 5.69 Å². The van der Waals surface area contributed by atoms with Gasteiger partial charge in [-0.2, -0.15) is 0 Å². The fourth-order valence-electron chi connectivity index (χ4n) is 1.62. The van der Waals surface area contributed by atoms with E-state index in [9.17, 15) is 18.5 Å². The number of rotatable bonds is 3. The summed E-state index contributed by atoms with van der Waals surface area (Å²) in [6.07, 6.45) is 1.04. The highest BCUT2D eigenvalue weighted by Gasteiger charge is 2.19. The summed E-state index contributed by atoms with van der Waals surface area (Å²) in [5, 5.41) is 17.8. The van der Waals surface area contributed by atoms with E-state index in [1.807, 2.05) is 0 Å². The van der Waals surface area contributed by atoms with Crippen molar-refractivity contribution in [2.75, 3.05) is 6.26 Å². The second-order valence-electron chi connectivity index (χ2n) is 3.94. The molecule has 8 nitrogen and oxygen atoms in total. The molecule has 0 atom stereocenters. The van der Waals surface area contributed by atoms with E-state index in [1.54, 1.807) is 0 Å². The molecular formula is C10H10N4O4S. The molecule has 1 aromatic heterocycles. The Morgan fingerprint density at radius 1 is 1.21 bits per heavy atom. The highest BCUT2D eigenvalue weighted by molar-refractivity contribution is 7.90. The maximum atomic E-state index is 11.4. The Balaban J connectivity index is 2.49. The van der Waals surface area contributed by atoms with Gasteiger partial charge in [-0.3, -0.25) is 10.1 Å². The van der Waals surface area contributed by atoms with Gasteiger partial charge in [0.05, 0.1) is 4.92 Å². The molecule has 1 aromatic carbocycles. The molecule has 1 heterocycles. The molecule has 2 aromatic rings. The first-order valence-corrected chi connectivity index (χ1v) is 7.04. The topological polar surface area (TPSA) is 108 Å². The van der Waals surface area contributed by atoms with Gasteiger partial charge >= 0.3 is 0 Å². The molecule has 0 bridgehead atoms. The maximum absolute atomic E-state index is 11.4. The predicted octanol–water partition coefficient (Wildman–Crippen LogP) is 0.794. The summed E-state index contributed by atoms with van der Waals surface area (Å²) in [6, 6.07) is 5.64. The van der Waals surface area contributed by atoms with Gasteiger partial charge in [-0.1, -0.05) is 0 Å². The quantitative estimate of drug-likeness (QED) is 0.608. The van der Waals surface area contributed by atoms with Crippen molar-refractivity contribution < 1.29 is 13.3 Å². The summed E-state index contributed by atoms with van der Waals surface area (Å²) in [7, 11) is -1.94. The van der Waals surface area contributed by atoms with Crippen LogP contribution in [0, 0.1) is 10.1 Å². The zero-order chi connectivity index (χ0) is 14.2. The largest absolute Gasteiger partial charge is 0.301 e. The van der Waals surface area contributed by atoms with Crippen LogP contribution in [-0.2, 0) is 16.9 Å². The minimum absolute atomic E-state index is 0.0470. The van der Waals surface area contributed by atoms with Crippen LogP contribution in [0.5, 0.6) is 0 Å². The van der Waals surface area contributed by atoms with Crippen LogP contribution in [0.1, 0.15) is 0 Å². The van der Waals surface area contributed by atoms with Crippen LogP contribution in [-0.4, -0.2) is 34.4 Å². The Hall–Kier alpha value is -2.29. The molecule has 0 unspecified atom stereocenters. The third-order valence-corrected chi connectivity index (χ3v) is 3.52. The number of nitro benzene ring substituents is 1. The van der Waals surface area contributed by atoms with Crippen molar-refractivity contribution in [1.82, 2.24) is 14.8 Å². The van der Waals surface area contributed by atoms with Crippen molar-refractivity contribution in [3.05, 3.63) is 34.4 Å². The van der Waals surface area contributed by atoms with Crippen molar-refractivity contribution in [3.63, 3.8) is 0 Å². The Bertz CT molecular complexity index is 733. The molecule has 0 aliphatic heterocycles. The molecule has 0 N–H and O–H groups in total. The predicted molar refractivity (Wildman–Crippen MR) is 66.2 cm³/mol. The van der Waals surface area contributed by atoms with Gasteiger partial charge in [0.15, 0.2) is 5.82 Å². The molecule has 0 aliphatic rings. The van der Waals surface area contributed by atoms with Gasteiger partial charge in [0.2, 0.25) is 15.0 Å². The van der Waals surface area contributed by atoms with Crippen molar-refractivity contribution >= 4 is 15.5 Å². The standard InChI is InChI=1S/C10H10N4O4S/c1-13-9(11-12-10(13)19(2,17)18)7-3-5-8(6-4-7)14(15)16/h3-6H,1-2H3. The fraction of sp³-hybridized carbons (Fsp3) is 0.200. The summed E-state index contributed by atoms with van der Waals surface area (Å²) >= 11 is 0. The molecule has 100 valence electrons. The van der Waals surface area contributed by atoms with E-state index in [0.29, 0.717) is 11.4 Å². The SMILES string of the molecule is Cn1c(-c2ccc([N+](=O)[O-])cc2)nnc1S(C)(=O)=O. The van der Waals surface area contributed by atoms with Crippen molar-refractivity contribution in [1.29, 1.82) is 0 Å². The minimum atomic E-state index is -3.46. The Kier molecular flexibility index (Phi) is 3.06. The lowest BCUT2D eigenvalue weighted by Gasteiger charge is -2.02. The second-order valence-corrected chi connectivity index (χ2v) is 5.85. The summed E-state index contributed by atoms with van der Waals surface area (Å²) in [5.41, 5.74) is 0.504. The number of non-ortho nitro benzene ring substituents is 1. The Labute approximate surface area is 108 Å². The summed E-state index contributed by atoms with van der Waals surface area (Å²) in [6.45, 7) is 0. The van der Waals surface area contributed by atoms with Gasteiger partial charge in [0.25, 0.3) is 5.69 Å². The molecule has 0 amide bonds. The highest BCUT2D eigenvalue weighted by atomic mass is 32.2. The van der Waals surface area contributed by atoms with Crippen molar-refractivity contribution in [2.24, 2.45) is 7.05 Å². The Morgan fingerprint density at radius 2 is 1.79 bits per heavy atom. The lowest BCUT2D eigenvalue weighted by atomic mass is 10.2. The van der Waals surface area contributed by atoms with E-state index in [1.165, 1.54) is 35.9 Å². The summed E-state index contributed by atoms with van der Waals surface area (Å²) in [4.78, 5) is 10.0. The van der Waals surface area contributed by atoms with Gasteiger partial charge in [-0.25, -0.2) is 8.42 Å². The number of benzene rings is 1. The molecule has 19 heavy (non-hydrogen) atoms. The molecule has 0 saturated heterocycles. The van der Waals surface area contributed by atoms with Crippen LogP contribution in [0.2, 0.25) is 0 Å². The van der Waals surface area contributed by atoms with Crippen LogP contribution in [0.25, 0.3) is 11.4 Å². The number of nitro groups is 1. The van der Waals surface area contributed by atoms with E-state index < -0.39 is 14.8 Å². The monoisotopic (exact) mass is 282 g/mol. The molecule has 0 saturated carbocycles. The van der Waals surface area contributed by atoms with E-state index in [2.05, 4.69) is 10.2 Å². The molecule has 0 spiro atoms. The minimum Gasteiger partial charge on any atom is -0.301 e. The first-order valence-electron chi connectivity index (χ1n) is 5.15. The van der Waals surface area contributed by atoms with Gasteiger partial charge in [0.1, 0.15) is 0 Å². The average molecular weight is 282 g/mol. The normalized spacial score (nSPS) is 11.5. The van der Waals surface area contributed by atoms with Crippen LogP contribution < -0.4 is 0 Å². The third kappa shape index (κ3) is 2.45. The lowest BCUT2D eigenvalue weighted by molar-refractivity contribution is -0.384. The molecule has 2 rings (SSSR count). The molecule has 0 fully saturated rings. The maximum Gasteiger partial charge on any atom is 0.269 e. The lowest BCUT2D eigenvalue weighted by Crippen LogP contribution is -2.06. The first kappa shape index (κ1) is 13.1. The van der Waals surface area contributed by atoms with E-state index in [4.69, 9.17) is 0 Å². The number of hydrogen-bond acceptors (Lipinski definition) is 6. The second kappa shape index (κ2) is 4.43. The number of hydrogen-bond donors (Lipinski definition) is 0. The highest BCUT2D eigenvalue weighted by Crippen LogP contribution is 2.21. The zero-order valence-electron chi connectivity index (χ0n) is 10.1. The number of sulfone groups is 1. The van der Waals surface area contributed by atoms with Gasteiger partial charge < -0.3 is 4.57 Å². The number of aromatic nitrogens is 3. The zero-order valence-corrected chi connectivity index (χ0v) is 11.0. The van der Waals surface area contributed by atoms with Crippen LogP contribution >= 0.6 is 0 Å². The van der Waals surface area contributed by atoms with E-state index in [-0.39, 0.29) is 10.8 Å². The summed E-state index contributed by atoms with van der Waals surface area (Å²) in [5.74, 6) is 0.329. The fourth-order valence-corrected chi connectivity index (χ4v) is 2.39. The average Bonchev–Trinajstić information content (AvgIpc) is 2.71. The van der Waals surface area contributed by atoms with Gasteiger partial charge in [-0.05, 0) is 12.1 Å². The van der Waals surface area contributed by atoms with Crippen molar-refractivity contribution in [3.8, 4) is 11.4 Å².